The monoisotopic (exact) mass is 368 g/mol. The molecule has 2 aromatic rings. The van der Waals surface area contributed by atoms with Gasteiger partial charge in [0, 0.05) is 25.6 Å². The number of aromatic nitrogens is 1. The van der Waals surface area contributed by atoms with Crippen LogP contribution in [0.5, 0.6) is 0 Å². The van der Waals surface area contributed by atoms with Crippen molar-refractivity contribution in [1.29, 1.82) is 5.41 Å². The maximum Gasteiger partial charge on any atom is 0.146 e. The number of hydrogen-bond donors (Lipinski definition) is 4. The largest absolute Gasteiger partial charge is 0.392 e. The zero-order valence-electron chi connectivity index (χ0n) is 15.4. The first kappa shape index (κ1) is 20.0. The SMILES string of the molecule is C=NN(C)N[C@@H](C)/N=C(/c1cccnc1N)N(C=N)c1ccc(CO)cc1. The Balaban J connectivity index is 2.50. The lowest BCUT2D eigenvalue weighted by Gasteiger charge is -2.25. The summed E-state index contributed by atoms with van der Waals surface area (Å²) < 4.78 is 0. The molecule has 0 amide bonds. The van der Waals surface area contributed by atoms with E-state index in [1.54, 1.807) is 54.5 Å². The summed E-state index contributed by atoms with van der Waals surface area (Å²) in [7, 11) is 1.71. The fourth-order valence-electron chi connectivity index (χ4n) is 2.41. The zero-order chi connectivity index (χ0) is 19.8. The maximum atomic E-state index is 9.24. The second kappa shape index (κ2) is 9.41. The number of aliphatic imine (C=N–C) groups is 1. The number of nitrogen functional groups attached to an aromatic ring is 1. The van der Waals surface area contributed by atoms with Crippen molar-refractivity contribution in [2.45, 2.75) is 19.7 Å². The van der Waals surface area contributed by atoms with Crippen molar-refractivity contribution in [2.75, 3.05) is 17.7 Å². The summed E-state index contributed by atoms with van der Waals surface area (Å²) >= 11 is 0. The summed E-state index contributed by atoms with van der Waals surface area (Å²) in [5.41, 5.74) is 11.1. The first-order valence-corrected chi connectivity index (χ1v) is 8.25. The lowest BCUT2D eigenvalue weighted by atomic mass is 10.1. The van der Waals surface area contributed by atoms with Crippen molar-refractivity contribution < 1.29 is 5.11 Å². The van der Waals surface area contributed by atoms with Crippen LogP contribution in [0.3, 0.4) is 0 Å². The van der Waals surface area contributed by atoms with Gasteiger partial charge in [0.1, 0.15) is 17.8 Å². The Morgan fingerprint density at radius 3 is 2.67 bits per heavy atom. The Hall–Kier alpha value is -3.30. The van der Waals surface area contributed by atoms with E-state index in [0.717, 1.165) is 11.9 Å². The number of hydrazine groups is 1. The van der Waals surface area contributed by atoms with Crippen molar-refractivity contribution in [3.8, 4) is 0 Å². The predicted molar refractivity (Wildman–Crippen MR) is 109 cm³/mol. The number of hydrazone groups is 1. The highest BCUT2D eigenvalue weighted by molar-refractivity contribution is 6.20. The third kappa shape index (κ3) is 5.09. The Labute approximate surface area is 158 Å². The topological polar surface area (TPSA) is 126 Å². The molecule has 0 spiro atoms. The number of hydrogen-bond acceptors (Lipinski definition) is 8. The van der Waals surface area contributed by atoms with E-state index in [1.807, 2.05) is 6.92 Å². The zero-order valence-corrected chi connectivity index (χ0v) is 15.4. The van der Waals surface area contributed by atoms with E-state index < -0.39 is 0 Å². The quantitative estimate of drug-likeness (QED) is 0.317. The molecule has 1 atom stereocenters. The second-order valence-corrected chi connectivity index (χ2v) is 5.68. The highest BCUT2D eigenvalue weighted by Gasteiger charge is 2.18. The number of rotatable bonds is 8. The van der Waals surface area contributed by atoms with Crippen molar-refractivity contribution in [2.24, 2.45) is 10.1 Å². The van der Waals surface area contributed by atoms with Gasteiger partial charge < -0.3 is 10.8 Å². The normalized spacial score (nSPS) is 12.3. The van der Waals surface area contributed by atoms with Crippen molar-refractivity contribution in [3.63, 3.8) is 0 Å². The average Bonchev–Trinajstić information content (AvgIpc) is 2.68. The van der Waals surface area contributed by atoms with Crippen LogP contribution < -0.4 is 16.1 Å². The number of nitrogens with one attached hydrogen (secondary N) is 2. The Morgan fingerprint density at radius 1 is 1.41 bits per heavy atom. The highest BCUT2D eigenvalue weighted by Crippen LogP contribution is 2.20. The minimum Gasteiger partial charge on any atom is -0.392 e. The van der Waals surface area contributed by atoms with Gasteiger partial charge in [0.2, 0.25) is 0 Å². The molecule has 27 heavy (non-hydrogen) atoms. The molecule has 9 heteroatoms. The molecule has 1 aromatic carbocycles. The van der Waals surface area contributed by atoms with Crippen LogP contribution in [-0.4, -0.2) is 47.3 Å². The Bertz CT molecular complexity index is 805. The van der Waals surface area contributed by atoms with Crippen molar-refractivity contribution in [3.05, 3.63) is 53.7 Å². The van der Waals surface area contributed by atoms with Crippen LogP contribution in [0.25, 0.3) is 0 Å². The van der Waals surface area contributed by atoms with Gasteiger partial charge in [0.15, 0.2) is 0 Å². The van der Waals surface area contributed by atoms with Gasteiger partial charge in [-0.2, -0.15) is 10.5 Å². The third-order valence-corrected chi connectivity index (χ3v) is 3.74. The van der Waals surface area contributed by atoms with Gasteiger partial charge in [-0.25, -0.2) is 15.1 Å². The van der Waals surface area contributed by atoms with Gasteiger partial charge in [-0.05, 0) is 36.8 Å². The van der Waals surface area contributed by atoms with Gasteiger partial charge in [-0.3, -0.25) is 10.3 Å². The molecular weight excluding hydrogens is 344 g/mol. The predicted octanol–water partition coefficient (Wildman–Crippen LogP) is 1.41. The van der Waals surface area contributed by atoms with E-state index in [2.05, 4.69) is 27.2 Å². The molecule has 0 radical (unpaired) electrons. The Morgan fingerprint density at radius 2 is 2.11 bits per heavy atom. The van der Waals surface area contributed by atoms with E-state index in [9.17, 15) is 5.11 Å². The van der Waals surface area contributed by atoms with Gasteiger partial charge in [-0.1, -0.05) is 12.1 Å². The standard InChI is InChI=1S/C18H24N8O/c1-13(24-25(3)21-2)23-18(16-5-4-10-22-17(16)20)26(12-19)15-8-6-14(11-27)7-9-15/h4-10,12-13,19,24,27H,2,11H2,1,3H3,(H2,20,22)/b19-12?,23-18-/t13-/m0/s1. The van der Waals surface area contributed by atoms with Crippen molar-refractivity contribution >= 4 is 30.4 Å². The van der Waals surface area contributed by atoms with Crippen LogP contribution >= 0.6 is 0 Å². The van der Waals surface area contributed by atoms with Crippen LogP contribution in [0.4, 0.5) is 11.5 Å². The van der Waals surface area contributed by atoms with Gasteiger partial charge in [0.05, 0.1) is 18.5 Å². The fraction of sp³-hybridized carbons (Fsp3) is 0.222. The molecule has 0 aliphatic rings. The van der Waals surface area contributed by atoms with E-state index >= 15 is 0 Å². The number of aliphatic hydroxyl groups is 1. The molecule has 142 valence electrons. The van der Waals surface area contributed by atoms with Crippen LogP contribution in [-0.2, 0) is 6.61 Å². The minimum absolute atomic E-state index is 0.0524. The molecule has 0 aliphatic heterocycles. The lowest BCUT2D eigenvalue weighted by molar-refractivity contribution is 0.218. The number of aliphatic hydroxyl groups excluding tert-OH is 1. The smallest absolute Gasteiger partial charge is 0.146 e. The van der Waals surface area contributed by atoms with Crippen LogP contribution in [0.15, 0.2) is 52.7 Å². The number of amidine groups is 1. The maximum absolute atomic E-state index is 9.24. The summed E-state index contributed by atoms with van der Waals surface area (Å²) in [6, 6.07) is 10.7. The molecule has 0 saturated heterocycles. The third-order valence-electron chi connectivity index (χ3n) is 3.74. The molecule has 2 rings (SSSR count). The number of nitrogens with two attached hydrogens (primary N) is 1. The Kier molecular flexibility index (Phi) is 6.98. The lowest BCUT2D eigenvalue weighted by Crippen LogP contribution is -2.39. The fourth-order valence-corrected chi connectivity index (χ4v) is 2.41. The summed E-state index contributed by atoms with van der Waals surface area (Å²) in [6.45, 7) is 5.23. The minimum atomic E-state index is -0.380. The molecule has 5 N–H and O–H groups in total. The first-order valence-electron chi connectivity index (χ1n) is 8.25. The van der Waals surface area contributed by atoms with Crippen molar-refractivity contribution in [1.82, 2.24) is 15.5 Å². The molecule has 0 aliphatic carbocycles. The molecule has 1 aromatic heterocycles. The average molecular weight is 368 g/mol. The number of anilines is 2. The summed E-state index contributed by atoms with van der Waals surface area (Å²) in [5.74, 6) is 0.752. The van der Waals surface area contributed by atoms with E-state index in [4.69, 9.17) is 11.1 Å². The van der Waals surface area contributed by atoms with E-state index in [0.29, 0.717) is 22.9 Å². The van der Waals surface area contributed by atoms with Gasteiger partial charge >= 0.3 is 0 Å². The molecular formula is C18H24N8O. The van der Waals surface area contributed by atoms with Gasteiger partial charge in [-0.15, -0.1) is 0 Å². The number of nitrogens with zero attached hydrogens (tertiary/aromatic N) is 5. The van der Waals surface area contributed by atoms with E-state index in [1.165, 1.54) is 5.12 Å². The van der Waals surface area contributed by atoms with Gasteiger partial charge in [0.25, 0.3) is 0 Å². The van der Waals surface area contributed by atoms with Crippen LogP contribution in [0.2, 0.25) is 0 Å². The highest BCUT2D eigenvalue weighted by atomic mass is 16.3. The molecule has 0 fully saturated rings. The molecule has 1 heterocycles. The summed E-state index contributed by atoms with van der Waals surface area (Å²) in [5, 5.41) is 22.4. The number of benzene rings is 1. The summed E-state index contributed by atoms with van der Waals surface area (Å²) in [6.07, 6.45) is 2.37. The van der Waals surface area contributed by atoms with Crippen LogP contribution in [0.1, 0.15) is 18.1 Å². The number of pyridine rings is 1. The molecule has 0 bridgehead atoms. The molecule has 9 nitrogen and oxygen atoms in total. The molecule has 0 unspecified atom stereocenters. The molecule has 0 saturated carbocycles. The van der Waals surface area contributed by atoms with Crippen LogP contribution in [0, 0.1) is 5.41 Å². The summed E-state index contributed by atoms with van der Waals surface area (Å²) in [4.78, 5) is 10.4. The van der Waals surface area contributed by atoms with E-state index in [-0.39, 0.29) is 12.8 Å². The first-order chi connectivity index (χ1) is 13.0. The second-order valence-electron chi connectivity index (χ2n) is 5.68.